The summed E-state index contributed by atoms with van der Waals surface area (Å²) in [5, 5.41) is 4.10. The number of benzene rings is 1. The first-order valence-electron chi connectivity index (χ1n) is 9.35. The first kappa shape index (κ1) is 21.2. The summed E-state index contributed by atoms with van der Waals surface area (Å²) in [5.41, 5.74) is 1.12. The fourth-order valence-electron chi connectivity index (χ4n) is 3.25. The van der Waals surface area contributed by atoms with E-state index in [4.69, 9.17) is 11.6 Å². The zero-order valence-corrected chi connectivity index (χ0v) is 18.1. The fraction of sp³-hybridized carbons (Fsp3) is 0.474. The van der Waals surface area contributed by atoms with Gasteiger partial charge in [-0.05, 0) is 37.0 Å². The number of rotatable bonds is 7. The molecule has 1 amide bonds. The predicted octanol–water partition coefficient (Wildman–Crippen LogP) is 3.78. The van der Waals surface area contributed by atoms with Crippen LogP contribution in [0, 0.1) is 5.92 Å². The average Bonchev–Trinajstić information content (AvgIpc) is 3.10. The summed E-state index contributed by atoms with van der Waals surface area (Å²) in [6.45, 7) is 2.58. The molecule has 152 valence electrons. The number of thiazole rings is 1. The Hall–Kier alpha value is -1.48. The van der Waals surface area contributed by atoms with Crippen LogP contribution in [0.5, 0.6) is 0 Å². The third kappa shape index (κ3) is 5.53. The van der Waals surface area contributed by atoms with Crippen molar-refractivity contribution in [1.82, 2.24) is 9.29 Å². The second-order valence-electron chi connectivity index (χ2n) is 6.94. The van der Waals surface area contributed by atoms with Gasteiger partial charge in [-0.1, -0.05) is 30.7 Å². The maximum atomic E-state index is 12.6. The molecule has 1 aromatic carbocycles. The molecule has 1 saturated heterocycles. The maximum absolute atomic E-state index is 12.6. The number of hydrogen-bond acceptors (Lipinski definition) is 5. The Labute approximate surface area is 175 Å². The number of nitrogens with zero attached hydrogens (tertiary/aromatic N) is 2. The molecule has 1 atom stereocenters. The highest BCUT2D eigenvalue weighted by atomic mass is 35.5. The molecule has 1 aliphatic heterocycles. The molecular formula is C19H24ClN3O3S2. The molecule has 1 aromatic heterocycles. The summed E-state index contributed by atoms with van der Waals surface area (Å²) >= 11 is 7.34. The quantitative estimate of drug-likeness (QED) is 0.709. The lowest BCUT2D eigenvalue weighted by atomic mass is 9.99. The highest BCUT2D eigenvalue weighted by molar-refractivity contribution is 7.89. The molecule has 6 nitrogen and oxygen atoms in total. The van der Waals surface area contributed by atoms with Crippen molar-refractivity contribution in [2.75, 3.05) is 24.2 Å². The van der Waals surface area contributed by atoms with Gasteiger partial charge in [0, 0.05) is 35.6 Å². The summed E-state index contributed by atoms with van der Waals surface area (Å²) in [6, 6.07) is 7.63. The van der Waals surface area contributed by atoms with Gasteiger partial charge in [-0.3, -0.25) is 4.79 Å². The molecule has 9 heteroatoms. The summed E-state index contributed by atoms with van der Waals surface area (Å²) in [4.78, 5) is 17.9. The topological polar surface area (TPSA) is 79.4 Å². The Kier molecular flexibility index (Phi) is 7.09. The van der Waals surface area contributed by atoms with Gasteiger partial charge in [-0.25, -0.2) is 17.7 Å². The lowest BCUT2D eigenvalue weighted by Gasteiger charge is -2.30. The third-order valence-corrected chi connectivity index (χ3v) is 7.89. The van der Waals surface area contributed by atoms with Crippen molar-refractivity contribution in [2.24, 2.45) is 5.92 Å². The monoisotopic (exact) mass is 441 g/mol. The molecule has 2 aromatic rings. The lowest BCUT2D eigenvalue weighted by molar-refractivity contribution is -0.120. The van der Waals surface area contributed by atoms with Crippen LogP contribution in [0.25, 0.3) is 0 Å². The van der Waals surface area contributed by atoms with Gasteiger partial charge >= 0.3 is 0 Å². The van der Waals surface area contributed by atoms with E-state index in [1.54, 1.807) is 6.20 Å². The van der Waals surface area contributed by atoms with Crippen LogP contribution >= 0.6 is 22.9 Å². The van der Waals surface area contributed by atoms with Gasteiger partial charge in [0.1, 0.15) is 0 Å². The van der Waals surface area contributed by atoms with Gasteiger partial charge in [0.2, 0.25) is 15.9 Å². The number of carbonyl (C=O) groups is 1. The molecule has 1 N–H and O–H groups in total. The molecule has 1 unspecified atom stereocenters. The van der Waals surface area contributed by atoms with Crippen molar-refractivity contribution in [3.8, 4) is 0 Å². The number of amides is 1. The van der Waals surface area contributed by atoms with E-state index in [1.165, 1.54) is 15.6 Å². The van der Waals surface area contributed by atoms with Crippen molar-refractivity contribution < 1.29 is 13.2 Å². The van der Waals surface area contributed by atoms with E-state index in [2.05, 4.69) is 10.3 Å². The molecule has 0 bridgehead atoms. The molecule has 28 heavy (non-hydrogen) atoms. The van der Waals surface area contributed by atoms with Crippen molar-refractivity contribution in [1.29, 1.82) is 0 Å². The summed E-state index contributed by atoms with van der Waals surface area (Å²) in [6.07, 6.45) is 4.43. The van der Waals surface area contributed by atoms with Gasteiger partial charge in [0.25, 0.3) is 0 Å². The standard InChI is InChI=1S/C19H24ClN3O3S2/c1-2-10-28(25,26)23-9-3-4-15(13-23)18(24)22-19-21-12-17(27-19)11-14-5-7-16(20)8-6-14/h5-8,12,15H,2-4,9-11,13H2,1H3,(H,21,22,24). The highest BCUT2D eigenvalue weighted by Gasteiger charge is 2.32. The van der Waals surface area contributed by atoms with Crippen LogP contribution in [0.1, 0.15) is 36.6 Å². The van der Waals surface area contributed by atoms with Crippen molar-refractivity contribution >= 4 is 44.0 Å². The van der Waals surface area contributed by atoms with E-state index in [0.29, 0.717) is 36.0 Å². The Morgan fingerprint density at radius 1 is 1.36 bits per heavy atom. The van der Waals surface area contributed by atoms with Crippen LogP contribution in [-0.4, -0.2) is 42.5 Å². The fourth-order valence-corrected chi connectivity index (χ4v) is 5.82. The Balaban J connectivity index is 1.58. The van der Waals surface area contributed by atoms with Gasteiger partial charge in [-0.2, -0.15) is 0 Å². The maximum Gasteiger partial charge on any atom is 0.230 e. The number of aromatic nitrogens is 1. The van der Waals surface area contributed by atoms with E-state index in [1.807, 2.05) is 31.2 Å². The second-order valence-corrected chi connectivity index (χ2v) is 10.6. The van der Waals surface area contributed by atoms with E-state index >= 15 is 0 Å². The van der Waals surface area contributed by atoms with Crippen LogP contribution < -0.4 is 5.32 Å². The molecule has 0 radical (unpaired) electrons. The molecule has 1 fully saturated rings. The second kappa shape index (κ2) is 9.35. The van der Waals surface area contributed by atoms with E-state index < -0.39 is 10.0 Å². The largest absolute Gasteiger partial charge is 0.302 e. The highest BCUT2D eigenvalue weighted by Crippen LogP contribution is 2.25. The molecule has 0 spiro atoms. The average molecular weight is 442 g/mol. The van der Waals surface area contributed by atoms with Gasteiger partial charge in [0.15, 0.2) is 5.13 Å². The molecule has 1 aliphatic rings. The number of carbonyl (C=O) groups excluding carboxylic acids is 1. The van der Waals surface area contributed by atoms with Crippen molar-refractivity contribution in [3.63, 3.8) is 0 Å². The third-order valence-electron chi connectivity index (χ3n) is 4.69. The number of piperidine rings is 1. The van der Waals surface area contributed by atoms with Crippen LogP contribution in [0.4, 0.5) is 5.13 Å². The summed E-state index contributed by atoms with van der Waals surface area (Å²) < 4.78 is 26.0. The van der Waals surface area contributed by atoms with Gasteiger partial charge in [0.05, 0.1) is 11.7 Å². The lowest BCUT2D eigenvalue weighted by Crippen LogP contribution is -2.44. The summed E-state index contributed by atoms with van der Waals surface area (Å²) in [5.74, 6) is -0.380. The zero-order chi connectivity index (χ0) is 20.1. The number of halogens is 1. The first-order valence-corrected chi connectivity index (χ1v) is 12.2. The van der Waals surface area contributed by atoms with Crippen LogP contribution in [-0.2, 0) is 21.2 Å². The molecular weight excluding hydrogens is 418 g/mol. The summed E-state index contributed by atoms with van der Waals surface area (Å²) in [7, 11) is -3.28. The van der Waals surface area contributed by atoms with E-state index in [-0.39, 0.29) is 24.1 Å². The SMILES string of the molecule is CCCS(=O)(=O)N1CCCC(C(=O)Nc2ncc(Cc3ccc(Cl)cc3)s2)C1. The number of hydrogen-bond donors (Lipinski definition) is 1. The van der Waals surface area contributed by atoms with Gasteiger partial charge < -0.3 is 5.32 Å². The van der Waals surface area contributed by atoms with Crippen LogP contribution in [0.3, 0.4) is 0 Å². The number of sulfonamides is 1. The minimum atomic E-state index is -3.28. The Bertz CT molecular complexity index is 913. The normalized spacial score (nSPS) is 18.1. The molecule has 0 saturated carbocycles. The Morgan fingerprint density at radius 2 is 2.11 bits per heavy atom. The molecule has 0 aliphatic carbocycles. The Morgan fingerprint density at radius 3 is 2.82 bits per heavy atom. The van der Waals surface area contributed by atoms with Gasteiger partial charge in [-0.15, -0.1) is 11.3 Å². The molecule has 2 heterocycles. The number of nitrogens with one attached hydrogen (secondary N) is 1. The van der Waals surface area contributed by atoms with Crippen molar-refractivity contribution in [2.45, 2.75) is 32.6 Å². The first-order chi connectivity index (χ1) is 13.4. The van der Waals surface area contributed by atoms with E-state index in [0.717, 1.165) is 16.9 Å². The van der Waals surface area contributed by atoms with Crippen LogP contribution in [0.15, 0.2) is 30.5 Å². The van der Waals surface area contributed by atoms with Crippen molar-refractivity contribution in [3.05, 3.63) is 45.9 Å². The molecule has 3 rings (SSSR count). The smallest absolute Gasteiger partial charge is 0.230 e. The van der Waals surface area contributed by atoms with E-state index in [9.17, 15) is 13.2 Å². The minimum absolute atomic E-state index is 0.127. The minimum Gasteiger partial charge on any atom is -0.302 e. The predicted molar refractivity (Wildman–Crippen MR) is 113 cm³/mol. The zero-order valence-electron chi connectivity index (χ0n) is 15.7. The van der Waals surface area contributed by atoms with Crippen LogP contribution in [0.2, 0.25) is 5.02 Å². The number of anilines is 1.